The molecule has 0 aliphatic carbocycles. The number of likely N-dealkylation sites (tertiary alicyclic amines) is 1. The third kappa shape index (κ3) is 7.49. The number of nitrogens with zero attached hydrogens (tertiary/aromatic N) is 1. The number of rotatable bonds is 13. The van der Waals surface area contributed by atoms with Crippen molar-refractivity contribution in [1.82, 2.24) is 10.2 Å². The number of carbonyl (C=O) groups excluding carboxylic acids is 4. The van der Waals surface area contributed by atoms with Crippen LogP contribution in [0.1, 0.15) is 80.6 Å². The predicted molar refractivity (Wildman–Crippen MR) is 116 cm³/mol. The Hall–Kier alpha value is -1.76. The van der Waals surface area contributed by atoms with Gasteiger partial charge in [-0.3, -0.25) is 24.1 Å². The zero-order valence-electron chi connectivity index (χ0n) is 19.8. The zero-order valence-corrected chi connectivity index (χ0v) is 19.8. The summed E-state index contributed by atoms with van der Waals surface area (Å²) >= 11 is 0. The van der Waals surface area contributed by atoms with Crippen LogP contribution in [0.5, 0.6) is 0 Å². The van der Waals surface area contributed by atoms with E-state index in [1.807, 2.05) is 41.5 Å². The summed E-state index contributed by atoms with van der Waals surface area (Å²) < 4.78 is 6.05. The lowest BCUT2D eigenvalue weighted by atomic mass is 9.85. The number of Topliss-reactive ketones (excluding diaryl/α,β-unsaturated/α-hetero) is 1. The van der Waals surface area contributed by atoms with Crippen molar-refractivity contribution in [3.63, 3.8) is 0 Å². The molecule has 0 radical (unpaired) electrons. The Bertz CT molecular complexity index is 644. The van der Waals surface area contributed by atoms with Crippen LogP contribution in [0.25, 0.3) is 0 Å². The summed E-state index contributed by atoms with van der Waals surface area (Å²) in [7, 11) is 0. The molecule has 0 spiro atoms. The first-order valence-electron chi connectivity index (χ1n) is 11.1. The average molecular weight is 425 g/mol. The average Bonchev–Trinajstić information content (AvgIpc) is 2.93. The van der Waals surface area contributed by atoms with Crippen LogP contribution in [0.4, 0.5) is 0 Å². The van der Waals surface area contributed by atoms with E-state index in [-0.39, 0.29) is 60.3 Å². The first-order valence-corrected chi connectivity index (χ1v) is 11.1. The summed E-state index contributed by atoms with van der Waals surface area (Å²) in [6, 6.07) is 0. The molecule has 0 aromatic heterocycles. The standard InChI is InChI=1S/C23H40N2O5/c1-8-23(7,30-14-11-22(5,6)17(4)26)10-12-24-19(27)9-13-25-20(28)15-18(16(2)3)21(25)29/h16,18H,8-15H2,1-7H3,(H,24,27). The van der Waals surface area contributed by atoms with E-state index in [1.54, 1.807) is 6.92 Å². The molecule has 2 unspecified atom stereocenters. The molecule has 1 fully saturated rings. The van der Waals surface area contributed by atoms with E-state index in [9.17, 15) is 19.2 Å². The van der Waals surface area contributed by atoms with Crippen LogP contribution >= 0.6 is 0 Å². The molecule has 0 aromatic rings. The Labute approximate surface area is 181 Å². The molecule has 172 valence electrons. The van der Waals surface area contributed by atoms with E-state index in [1.165, 1.54) is 4.90 Å². The quantitative estimate of drug-likeness (QED) is 0.459. The second-order valence-corrected chi connectivity index (χ2v) is 9.63. The molecule has 7 nitrogen and oxygen atoms in total. The second kappa shape index (κ2) is 11.0. The highest BCUT2D eigenvalue weighted by molar-refractivity contribution is 6.03. The van der Waals surface area contributed by atoms with Gasteiger partial charge in [0.05, 0.1) is 5.60 Å². The van der Waals surface area contributed by atoms with Crippen molar-refractivity contribution in [3.05, 3.63) is 0 Å². The van der Waals surface area contributed by atoms with Gasteiger partial charge in [-0.1, -0.05) is 34.6 Å². The van der Waals surface area contributed by atoms with Crippen molar-refractivity contribution >= 4 is 23.5 Å². The summed E-state index contributed by atoms with van der Waals surface area (Å²) in [5, 5.41) is 2.86. The molecule has 0 bridgehead atoms. The van der Waals surface area contributed by atoms with Crippen molar-refractivity contribution < 1.29 is 23.9 Å². The highest BCUT2D eigenvalue weighted by atomic mass is 16.5. The topological polar surface area (TPSA) is 92.8 Å². The van der Waals surface area contributed by atoms with Crippen LogP contribution in [0, 0.1) is 17.3 Å². The van der Waals surface area contributed by atoms with E-state index < -0.39 is 5.41 Å². The summed E-state index contributed by atoms with van der Waals surface area (Å²) in [4.78, 5) is 49.4. The summed E-state index contributed by atoms with van der Waals surface area (Å²) in [5.41, 5.74) is -0.784. The number of ketones is 1. The van der Waals surface area contributed by atoms with Crippen molar-refractivity contribution in [2.24, 2.45) is 17.3 Å². The van der Waals surface area contributed by atoms with E-state index in [4.69, 9.17) is 4.74 Å². The maximum absolute atomic E-state index is 12.3. The number of hydrogen-bond donors (Lipinski definition) is 1. The molecule has 1 aliphatic rings. The van der Waals surface area contributed by atoms with E-state index >= 15 is 0 Å². The van der Waals surface area contributed by atoms with Gasteiger partial charge in [-0.2, -0.15) is 0 Å². The van der Waals surface area contributed by atoms with Gasteiger partial charge < -0.3 is 10.1 Å². The number of nitrogens with one attached hydrogen (secondary N) is 1. The number of hydrogen-bond acceptors (Lipinski definition) is 5. The second-order valence-electron chi connectivity index (χ2n) is 9.63. The van der Waals surface area contributed by atoms with Gasteiger partial charge in [0.25, 0.3) is 0 Å². The summed E-state index contributed by atoms with van der Waals surface area (Å²) in [5.74, 6) is -0.537. The minimum Gasteiger partial charge on any atom is -0.375 e. The third-order valence-electron chi connectivity index (χ3n) is 6.50. The molecular weight excluding hydrogens is 384 g/mol. The molecule has 0 saturated carbocycles. The predicted octanol–water partition coefficient (Wildman–Crippen LogP) is 3.10. The van der Waals surface area contributed by atoms with E-state index in [2.05, 4.69) is 5.32 Å². The summed E-state index contributed by atoms with van der Waals surface area (Å²) in [6.07, 6.45) is 2.44. The first kappa shape index (κ1) is 26.3. The fourth-order valence-corrected chi connectivity index (χ4v) is 3.31. The molecule has 30 heavy (non-hydrogen) atoms. The highest BCUT2D eigenvalue weighted by Crippen LogP contribution is 2.27. The molecule has 1 N–H and O–H groups in total. The Morgan fingerprint density at radius 2 is 1.83 bits per heavy atom. The number of amides is 3. The van der Waals surface area contributed by atoms with Crippen LogP contribution in [0.2, 0.25) is 0 Å². The smallest absolute Gasteiger partial charge is 0.233 e. The molecule has 1 heterocycles. The summed E-state index contributed by atoms with van der Waals surface area (Å²) in [6.45, 7) is 14.4. The highest BCUT2D eigenvalue weighted by Gasteiger charge is 2.39. The van der Waals surface area contributed by atoms with Crippen LogP contribution in [-0.2, 0) is 23.9 Å². The van der Waals surface area contributed by atoms with Gasteiger partial charge in [0.15, 0.2) is 0 Å². The van der Waals surface area contributed by atoms with Crippen LogP contribution < -0.4 is 5.32 Å². The monoisotopic (exact) mass is 424 g/mol. The van der Waals surface area contributed by atoms with E-state index in [0.717, 1.165) is 6.42 Å². The van der Waals surface area contributed by atoms with Crippen LogP contribution in [0.15, 0.2) is 0 Å². The van der Waals surface area contributed by atoms with Crippen molar-refractivity contribution in [3.8, 4) is 0 Å². The maximum Gasteiger partial charge on any atom is 0.233 e. The van der Waals surface area contributed by atoms with Gasteiger partial charge in [0.2, 0.25) is 17.7 Å². The Kier molecular flexibility index (Phi) is 9.66. The number of imide groups is 1. The van der Waals surface area contributed by atoms with Gasteiger partial charge in [-0.05, 0) is 39.0 Å². The molecule has 7 heteroatoms. The molecule has 1 saturated heterocycles. The van der Waals surface area contributed by atoms with Crippen molar-refractivity contribution in [1.29, 1.82) is 0 Å². The molecule has 2 atom stereocenters. The normalized spacial score (nSPS) is 19.3. The van der Waals surface area contributed by atoms with Crippen molar-refractivity contribution in [2.75, 3.05) is 19.7 Å². The van der Waals surface area contributed by atoms with Crippen LogP contribution in [0.3, 0.4) is 0 Å². The minimum absolute atomic E-state index is 0.110. The molecular formula is C23H40N2O5. The fourth-order valence-electron chi connectivity index (χ4n) is 3.31. The molecule has 3 amide bonds. The van der Waals surface area contributed by atoms with Gasteiger partial charge >= 0.3 is 0 Å². The Balaban J connectivity index is 2.39. The lowest BCUT2D eigenvalue weighted by molar-refractivity contribution is -0.140. The lowest BCUT2D eigenvalue weighted by Gasteiger charge is -2.31. The van der Waals surface area contributed by atoms with Gasteiger partial charge in [-0.25, -0.2) is 0 Å². The zero-order chi connectivity index (χ0) is 23.1. The minimum atomic E-state index is -0.401. The number of ether oxygens (including phenoxy) is 1. The largest absolute Gasteiger partial charge is 0.375 e. The SMILES string of the molecule is CCC(C)(CCNC(=O)CCN1C(=O)CC(C(C)C)C1=O)OCCC(C)(C)C(C)=O. The first-order chi connectivity index (χ1) is 13.8. The maximum atomic E-state index is 12.3. The lowest BCUT2D eigenvalue weighted by Crippen LogP contribution is -2.38. The molecule has 0 aromatic carbocycles. The van der Waals surface area contributed by atoms with Gasteiger partial charge in [0, 0.05) is 43.9 Å². The third-order valence-corrected chi connectivity index (χ3v) is 6.50. The fraction of sp³-hybridized carbons (Fsp3) is 0.826. The molecule has 1 aliphatic heterocycles. The van der Waals surface area contributed by atoms with Gasteiger partial charge in [-0.15, -0.1) is 0 Å². The van der Waals surface area contributed by atoms with Crippen LogP contribution in [-0.4, -0.2) is 53.7 Å². The van der Waals surface area contributed by atoms with Gasteiger partial charge in [0.1, 0.15) is 5.78 Å². The Morgan fingerprint density at radius 3 is 2.33 bits per heavy atom. The van der Waals surface area contributed by atoms with Crippen molar-refractivity contribution in [2.45, 2.75) is 86.2 Å². The number of carbonyl (C=O) groups is 4. The van der Waals surface area contributed by atoms with E-state index in [0.29, 0.717) is 26.0 Å². The Morgan fingerprint density at radius 1 is 1.20 bits per heavy atom. The molecule has 1 rings (SSSR count).